The number of ether oxygens (including phenoxy) is 2. The number of nitrogens with one attached hydrogen (secondary N) is 1. The van der Waals surface area contributed by atoms with Crippen LogP contribution in [0.5, 0.6) is 5.75 Å². The average molecular weight is 497 g/mol. The van der Waals surface area contributed by atoms with Crippen LogP contribution in [-0.2, 0) is 26.0 Å². The Labute approximate surface area is 199 Å². The minimum atomic E-state index is -3.32. The lowest BCUT2D eigenvalue weighted by atomic mass is 10.2. The fraction of sp³-hybridized carbons (Fsp3) is 0.391. The molecule has 0 heterocycles. The number of halogens is 1. The molecule has 0 fully saturated rings. The van der Waals surface area contributed by atoms with Gasteiger partial charge < -0.3 is 19.7 Å². The van der Waals surface area contributed by atoms with Gasteiger partial charge in [-0.05, 0) is 42.7 Å². The van der Waals surface area contributed by atoms with Gasteiger partial charge in [-0.3, -0.25) is 4.79 Å². The molecule has 0 aliphatic rings. The molecule has 8 nitrogen and oxygen atoms in total. The molecule has 1 atom stereocenters. The second-order valence-electron chi connectivity index (χ2n) is 7.59. The van der Waals surface area contributed by atoms with Crippen molar-refractivity contribution in [2.24, 2.45) is 0 Å². The van der Waals surface area contributed by atoms with Crippen molar-refractivity contribution in [3.63, 3.8) is 0 Å². The summed E-state index contributed by atoms with van der Waals surface area (Å²) in [6.45, 7) is 0.778. The van der Waals surface area contributed by atoms with E-state index in [2.05, 4.69) is 5.32 Å². The first-order valence-corrected chi connectivity index (χ1v) is 12.9. The molecule has 0 saturated carbocycles. The molecule has 0 spiro atoms. The fourth-order valence-electron chi connectivity index (χ4n) is 2.90. The third-order valence-corrected chi connectivity index (χ3v) is 5.91. The highest BCUT2D eigenvalue weighted by Gasteiger charge is 2.25. The molecular weight excluding hydrogens is 468 g/mol. The van der Waals surface area contributed by atoms with E-state index >= 15 is 0 Å². The molecule has 1 unspecified atom stereocenters. The number of alkyl carbamates (subject to hydrolysis) is 1. The normalized spacial score (nSPS) is 12.0. The Morgan fingerprint density at radius 1 is 1.09 bits per heavy atom. The molecule has 0 saturated heterocycles. The van der Waals surface area contributed by atoms with Crippen LogP contribution in [-0.4, -0.2) is 63.6 Å². The lowest BCUT2D eigenvalue weighted by Gasteiger charge is -2.24. The molecule has 33 heavy (non-hydrogen) atoms. The van der Waals surface area contributed by atoms with Gasteiger partial charge in [0, 0.05) is 24.9 Å². The predicted octanol–water partition coefficient (Wildman–Crippen LogP) is 3.30. The smallest absolute Gasteiger partial charge is 0.408 e. The monoisotopic (exact) mass is 496 g/mol. The highest BCUT2D eigenvalue weighted by molar-refractivity contribution is 7.90. The Kier molecular flexibility index (Phi) is 10.5. The van der Waals surface area contributed by atoms with Crippen LogP contribution in [0.2, 0.25) is 5.02 Å². The summed E-state index contributed by atoms with van der Waals surface area (Å²) < 4.78 is 34.0. The van der Waals surface area contributed by atoms with Gasteiger partial charge in [0.05, 0.1) is 12.4 Å². The van der Waals surface area contributed by atoms with Gasteiger partial charge in [-0.1, -0.05) is 41.9 Å². The van der Waals surface area contributed by atoms with Crippen molar-refractivity contribution in [2.75, 3.05) is 32.2 Å². The standard InChI is InChI=1S/C23H29ClN2O6S/c1-26(14-6-15-31-20-11-9-19(24)10-12-20)22(27)21(13-16-33(2,29)30)25-23(28)32-17-18-7-4-3-5-8-18/h3-5,7-12,21H,6,13-17H2,1-2H3,(H,25,28). The number of hydrogen-bond acceptors (Lipinski definition) is 6. The number of hydrogen-bond donors (Lipinski definition) is 1. The summed E-state index contributed by atoms with van der Waals surface area (Å²) in [6, 6.07) is 15.0. The quantitative estimate of drug-likeness (QED) is 0.452. The zero-order chi connectivity index (χ0) is 24.3. The highest BCUT2D eigenvalue weighted by Crippen LogP contribution is 2.15. The Morgan fingerprint density at radius 3 is 2.39 bits per heavy atom. The van der Waals surface area contributed by atoms with E-state index in [0.717, 1.165) is 11.8 Å². The molecule has 180 valence electrons. The maximum atomic E-state index is 12.9. The van der Waals surface area contributed by atoms with Crippen molar-refractivity contribution in [3.8, 4) is 5.75 Å². The zero-order valence-electron chi connectivity index (χ0n) is 18.7. The van der Waals surface area contributed by atoms with Gasteiger partial charge in [0.25, 0.3) is 0 Å². The minimum absolute atomic E-state index is 0.0392. The lowest BCUT2D eigenvalue weighted by Crippen LogP contribution is -2.48. The molecule has 2 aromatic rings. The Morgan fingerprint density at radius 2 is 1.76 bits per heavy atom. The molecule has 0 aliphatic heterocycles. The highest BCUT2D eigenvalue weighted by atomic mass is 35.5. The number of carbonyl (C=O) groups excluding carboxylic acids is 2. The van der Waals surface area contributed by atoms with E-state index in [1.54, 1.807) is 43.4 Å². The number of rotatable bonds is 12. The first-order chi connectivity index (χ1) is 15.6. The van der Waals surface area contributed by atoms with Crippen LogP contribution < -0.4 is 10.1 Å². The van der Waals surface area contributed by atoms with E-state index in [-0.39, 0.29) is 18.8 Å². The molecule has 0 radical (unpaired) electrons. The van der Waals surface area contributed by atoms with Gasteiger partial charge in [0.15, 0.2) is 0 Å². The molecule has 2 amide bonds. The predicted molar refractivity (Wildman–Crippen MR) is 127 cm³/mol. The first-order valence-electron chi connectivity index (χ1n) is 10.4. The van der Waals surface area contributed by atoms with E-state index in [1.807, 2.05) is 18.2 Å². The van der Waals surface area contributed by atoms with E-state index in [0.29, 0.717) is 30.3 Å². The van der Waals surface area contributed by atoms with Crippen molar-refractivity contribution >= 4 is 33.4 Å². The fourth-order valence-corrected chi connectivity index (χ4v) is 3.68. The number of carbonyl (C=O) groups is 2. The third-order valence-electron chi connectivity index (χ3n) is 4.68. The average Bonchev–Trinajstić information content (AvgIpc) is 2.78. The van der Waals surface area contributed by atoms with Crippen LogP contribution in [0, 0.1) is 0 Å². The van der Waals surface area contributed by atoms with Crippen molar-refractivity contribution in [1.82, 2.24) is 10.2 Å². The summed E-state index contributed by atoms with van der Waals surface area (Å²) in [5.41, 5.74) is 0.796. The molecule has 0 aliphatic carbocycles. The van der Waals surface area contributed by atoms with Gasteiger partial charge in [0.1, 0.15) is 28.2 Å². The maximum absolute atomic E-state index is 12.9. The summed E-state index contributed by atoms with van der Waals surface area (Å²) >= 11 is 5.84. The zero-order valence-corrected chi connectivity index (χ0v) is 20.3. The Balaban J connectivity index is 1.86. The summed E-state index contributed by atoms with van der Waals surface area (Å²) in [5.74, 6) is 0.0274. The van der Waals surface area contributed by atoms with Crippen molar-refractivity contribution in [2.45, 2.75) is 25.5 Å². The van der Waals surface area contributed by atoms with Crippen molar-refractivity contribution in [1.29, 1.82) is 0 Å². The van der Waals surface area contributed by atoms with Gasteiger partial charge in [0.2, 0.25) is 5.91 Å². The molecule has 0 aromatic heterocycles. The van der Waals surface area contributed by atoms with Gasteiger partial charge in [-0.25, -0.2) is 13.2 Å². The molecule has 2 aromatic carbocycles. The Bertz CT molecular complexity index is 999. The largest absolute Gasteiger partial charge is 0.494 e. The molecule has 2 rings (SSSR count). The summed E-state index contributed by atoms with van der Waals surface area (Å²) in [5, 5.41) is 3.12. The number of amides is 2. The number of sulfone groups is 1. The van der Waals surface area contributed by atoms with Gasteiger partial charge in [-0.2, -0.15) is 0 Å². The van der Waals surface area contributed by atoms with Crippen molar-refractivity contribution < 1.29 is 27.5 Å². The topological polar surface area (TPSA) is 102 Å². The molecule has 1 N–H and O–H groups in total. The van der Waals surface area contributed by atoms with Crippen LogP contribution in [0.4, 0.5) is 4.79 Å². The van der Waals surface area contributed by atoms with E-state index < -0.39 is 27.9 Å². The second-order valence-corrected chi connectivity index (χ2v) is 10.3. The van der Waals surface area contributed by atoms with Crippen LogP contribution in [0.15, 0.2) is 54.6 Å². The number of benzene rings is 2. The SMILES string of the molecule is CN(CCCOc1ccc(Cl)cc1)C(=O)C(CCS(C)(=O)=O)NC(=O)OCc1ccccc1. The molecule has 0 bridgehead atoms. The second kappa shape index (κ2) is 13.1. The summed E-state index contributed by atoms with van der Waals surface area (Å²) in [6.07, 6.45) is 0.788. The van der Waals surface area contributed by atoms with E-state index in [9.17, 15) is 18.0 Å². The first kappa shape index (κ1) is 26.5. The maximum Gasteiger partial charge on any atom is 0.408 e. The third kappa shape index (κ3) is 10.6. The van der Waals surface area contributed by atoms with Gasteiger partial charge >= 0.3 is 6.09 Å². The van der Waals surface area contributed by atoms with Crippen molar-refractivity contribution in [3.05, 3.63) is 65.2 Å². The van der Waals surface area contributed by atoms with E-state index in [4.69, 9.17) is 21.1 Å². The summed E-state index contributed by atoms with van der Waals surface area (Å²) in [7, 11) is -1.72. The van der Waals surface area contributed by atoms with Gasteiger partial charge in [-0.15, -0.1) is 0 Å². The van der Waals surface area contributed by atoms with Crippen LogP contribution >= 0.6 is 11.6 Å². The Hall–Kier alpha value is -2.78. The number of likely N-dealkylation sites (N-methyl/N-ethyl adjacent to an activating group) is 1. The molecular formula is C23H29ClN2O6S. The van der Waals surface area contributed by atoms with E-state index in [1.165, 1.54) is 4.90 Å². The lowest BCUT2D eigenvalue weighted by molar-refractivity contribution is -0.132. The minimum Gasteiger partial charge on any atom is -0.494 e. The summed E-state index contributed by atoms with van der Waals surface area (Å²) in [4.78, 5) is 26.6. The molecule has 10 heteroatoms. The van der Waals surface area contributed by atoms with Crippen LogP contribution in [0.3, 0.4) is 0 Å². The number of nitrogens with zero attached hydrogens (tertiary/aromatic N) is 1. The van der Waals surface area contributed by atoms with Crippen LogP contribution in [0.1, 0.15) is 18.4 Å². The van der Waals surface area contributed by atoms with Crippen LogP contribution in [0.25, 0.3) is 0 Å².